The van der Waals surface area contributed by atoms with Crippen LogP contribution in [-0.2, 0) is 9.53 Å². The summed E-state index contributed by atoms with van der Waals surface area (Å²) in [5.74, 6) is 1.36. The van der Waals surface area contributed by atoms with Crippen LogP contribution < -0.4 is 9.47 Å². The van der Waals surface area contributed by atoms with Crippen LogP contribution in [0, 0.1) is 0 Å². The molecule has 1 aliphatic heterocycles. The minimum atomic E-state index is 0.0357. The maximum Gasteiger partial charge on any atom is 0.246 e. The first kappa shape index (κ1) is 20.3. The Bertz CT molecular complexity index is 610. The van der Waals surface area contributed by atoms with E-state index >= 15 is 0 Å². The van der Waals surface area contributed by atoms with Gasteiger partial charge in [0.25, 0.3) is 0 Å². The zero-order chi connectivity index (χ0) is 18.9. The summed E-state index contributed by atoms with van der Waals surface area (Å²) in [6.45, 7) is 2.99. The van der Waals surface area contributed by atoms with Gasteiger partial charge in [0.1, 0.15) is 0 Å². The Labute approximate surface area is 156 Å². The van der Waals surface area contributed by atoms with Crippen molar-refractivity contribution in [2.75, 3.05) is 54.6 Å². The standard InChI is InChI=1S/C20H30N2O4/c1-21(2)11-12-22(17-9-13-26-14-10-17)20(23)8-6-16-5-7-18(24-3)19(15-16)25-4/h5-8,15,17H,9-14H2,1-4H3/b8-6+. The molecule has 1 amide bonds. The summed E-state index contributed by atoms with van der Waals surface area (Å²) in [6.07, 6.45) is 5.26. The third kappa shape index (κ3) is 5.75. The second kappa shape index (κ2) is 10.2. The zero-order valence-corrected chi connectivity index (χ0v) is 16.2. The summed E-state index contributed by atoms with van der Waals surface area (Å²) >= 11 is 0. The van der Waals surface area contributed by atoms with Gasteiger partial charge >= 0.3 is 0 Å². The van der Waals surface area contributed by atoms with Gasteiger partial charge in [0.15, 0.2) is 11.5 Å². The third-order valence-electron chi connectivity index (χ3n) is 4.53. The van der Waals surface area contributed by atoms with Crippen LogP contribution in [0.5, 0.6) is 11.5 Å². The molecular formula is C20H30N2O4. The van der Waals surface area contributed by atoms with E-state index in [1.807, 2.05) is 43.3 Å². The van der Waals surface area contributed by atoms with E-state index in [9.17, 15) is 4.79 Å². The lowest BCUT2D eigenvalue weighted by atomic mass is 10.1. The molecule has 0 saturated carbocycles. The summed E-state index contributed by atoms with van der Waals surface area (Å²) in [6, 6.07) is 5.85. The Morgan fingerprint density at radius 3 is 2.46 bits per heavy atom. The van der Waals surface area contributed by atoms with Gasteiger partial charge in [-0.2, -0.15) is 0 Å². The highest BCUT2D eigenvalue weighted by Crippen LogP contribution is 2.28. The molecule has 1 fully saturated rings. The minimum Gasteiger partial charge on any atom is -0.493 e. The van der Waals surface area contributed by atoms with Gasteiger partial charge in [0.2, 0.25) is 5.91 Å². The van der Waals surface area contributed by atoms with E-state index in [2.05, 4.69) is 4.90 Å². The molecule has 0 radical (unpaired) electrons. The van der Waals surface area contributed by atoms with Crippen LogP contribution in [0.3, 0.4) is 0 Å². The van der Waals surface area contributed by atoms with Crippen LogP contribution in [-0.4, -0.2) is 76.4 Å². The number of carbonyl (C=O) groups is 1. The maximum atomic E-state index is 12.8. The van der Waals surface area contributed by atoms with Crippen molar-refractivity contribution in [3.05, 3.63) is 29.8 Å². The van der Waals surface area contributed by atoms with Gasteiger partial charge in [-0.3, -0.25) is 4.79 Å². The number of hydrogen-bond acceptors (Lipinski definition) is 5. The van der Waals surface area contributed by atoms with Crippen molar-refractivity contribution < 1.29 is 19.0 Å². The van der Waals surface area contributed by atoms with Gasteiger partial charge in [-0.25, -0.2) is 0 Å². The highest BCUT2D eigenvalue weighted by Gasteiger charge is 2.24. The predicted molar refractivity (Wildman–Crippen MR) is 103 cm³/mol. The second-order valence-corrected chi connectivity index (χ2v) is 6.63. The molecule has 1 aromatic rings. The van der Waals surface area contributed by atoms with Crippen LogP contribution in [0.15, 0.2) is 24.3 Å². The van der Waals surface area contributed by atoms with Crippen LogP contribution in [0.25, 0.3) is 6.08 Å². The lowest BCUT2D eigenvalue weighted by molar-refractivity contribution is -0.130. The van der Waals surface area contributed by atoms with Crippen molar-refractivity contribution >= 4 is 12.0 Å². The predicted octanol–water partition coefficient (Wildman–Crippen LogP) is 2.29. The molecule has 0 spiro atoms. The molecule has 26 heavy (non-hydrogen) atoms. The molecular weight excluding hydrogens is 332 g/mol. The van der Waals surface area contributed by atoms with Gasteiger partial charge in [0.05, 0.1) is 14.2 Å². The monoisotopic (exact) mass is 362 g/mol. The largest absolute Gasteiger partial charge is 0.493 e. The van der Waals surface area contributed by atoms with E-state index in [0.29, 0.717) is 18.0 Å². The van der Waals surface area contributed by atoms with Crippen molar-refractivity contribution in [1.29, 1.82) is 0 Å². The van der Waals surface area contributed by atoms with Gasteiger partial charge in [-0.15, -0.1) is 0 Å². The fourth-order valence-corrected chi connectivity index (χ4v) is 3.00. The molecule has 0 N–H and O–H groups in total. The molecule has 1 saturated heterocycles. The van der Waals surface area contributed by atoms with Gasteiger partial charge < -0.3 is 24.0 Å². The molecule has 144 valence electrons. The Morgan fingerprint density at radius 1 is 1.15 bits per heavy atom. The fraction of sp³-hybridized carbons (Fsp3) is 0.550. The Morgan fingerprint density at radius 2 is 1.85 bits per heavy atom. The summed E-state index contributed by atoms with van der Waals surface area (Å²) in [7, 11) is 7.25. The van der Waals surface area contributed by atoms with Crippen molar-refractivity contribution in [3.63, 3.8) is 0 Å². The summed E-state index contributed by atoms with van der Waals surface area (Å²) < 4.78 is 16.0. The lowest BCUT2D eigenvalue weighted by Crippen LogP contribution is -2.45. The smallest absolute Gasteiger partial charge is 0.246 e. The number of benzene rings is 1. The maximum absolute atomic E-state index is 12.8. The molecule has 0 bridgehead atoms. The summed E-state index contributed by atoms with van der Waals surface area (Å²) in [5, 5.41) is 0. The normalized spacial score (nSPS) is 15.4. The van der Waals surface area contributed by atoms with E-state index in [-0.39, 0.29) is 11.9 Å². The minimum absolute atomic E-state index is 0.0357. The average Bonchev–Trinajstić information content (AvgIpc) is 2.66. The number of carbonyl (C=O) groups excluding carboxylic acids is 1. The van der Waals surface area contributed by atoms with E-state index in [1.165, 1.54) is 0 Å². The van der Waals surface area contributed by atoms with E-state index < -0.39 is 0 Å². The molecule has 1 heterocycles. The molecule has 0 aromatic heterocycles. The Hall–Kier alpha value is -2.05. The van der Waals surface area contributed by atoms with Crippen LogP contribution in [0.1, 0.15) is 18.4 Å². The first-order valence-electron chi connectivity index (χ1n) is 8.98. The summed E-state index contributed by atoms with van der Waals surface area (Å²) in [5.41, 5.74) is 0.899. The number of ether oxygens (including phenoxy) is 3. The number of nitrogens with zero attached hydrogens (tertiary/aromatic N) is 2. The molecule has 1 aliphatic rings. The quantitative estimate of drug-likeness (QED) is 0.664. The molecule has 6 nitrogen and oxygen atoms in total. The Balaban J connectivity index is 2.10. The number of rotatable bonds is 8. The van der Waals surface area contributed by atoms with E-state index in [0.717, 1.165) is 38.2 Å². The third-order valence-corrected chi connectivity index (χ3v) is 4.53. The molecule has 0 aliphatic carbocycles. The van der Waals surface area contributed by atoms with E-state index in [4.69, 9.17) is 14.2 Å². The summed E-state index contributed by atoms with van der Waals surface area (Å²) in [4.78, 5) is 16.9. The average molecular weight is 362 g/mol. The molecule has 0 unspecified atom stereocenters. The molecule has 1 aromatic carbocycles. The highest BCUT2D eigenvalue weighted by molar-refractivity contribution is 5.92. The molecule has 2 rings (SSSR count). The van der Waals surface area contributed by atoms with Gasteiger partial charge in [-0.05, 0) is 50.7 Å². The molecule has 6 heteroatoms. The first-order chi connectivity index (χ1) is 12.5. The fourth-order valence-electron chi connectivity index (χ4n) is 3.00. The number of methoxy groups -OCH3 is 2. The second-order valence-electron chi connectivity index (χ2n) is 6.63. The van der Waals surface area contributed by atoms with Crippen LogP contribution in [0.2, 0.25) is 0 Å². The van der Waals surface area contributed by atoms with Gasteiger partial charge in [-0.1, -0.05) is 6.07 Å². The zero-order valence-electron chi connectivity index (χ0n) is 16.2. The van der Waals surface area contributed by atoms with Crippen LogP contribution >= 0.6 is 0 Å². The number of likely N-dealkylation sites (N-methyl/N-ethyl adjacent to an activating group) is 1. The number of amides is 1. The molecule has 0 atom stereocenters. The van der Waals surface area contributed by atoms with Gasteiger partial charge in [0, 0.05) is 38.4 Å². The Kier molecular flexibility index (Phi) is 7.94. The highest BCUT2D eigenvalue weighted by atomic mass is 16.5. The van der Waals surface area contributed by atoms with Crippen molar-refractivity contribution in [2.24, 2.45) is 0 Å². The van der Waals surface area contributed by atoms with Crippen LogP contribution in [0.4, 0.5) is 0 Å². The van der Waals surface area contributed by atoms with Crippen molar-refractivity contribution in [3.8, 4) is 11.5 Å². The van der Waals surface area contributed by atoms with Crippen molar-refractivity contribution in [2.45, 2.75) is 18.9 Å². The van der Waals surface area contributed by atoms with E-state index in [1.54, 1.807) is 20.3 Å². The van der Waals surface area contributed by atoms with Crippen molar-refractivity contribution in [1.82, 2.24) is 9.80 Å². The first-order valence-corrected chi connectivity index (χ1v) is 8.98. The SMILES string of the molecule is COc1ccc(/C=C/C(=O)N(CCN(C)C)C2CCOCC2)cc1OC. The number of hydrogen-bond donors (Lipinski definition) is 0. The topological polar surface area (TPSA) is 51.2 Å². The lowest BCUT2D eigenvalue weighted by Gasteiger charge is -2.34.